The molecule has 1 aliphatic rings. The zero-order chi connectivity index (χ0) is 13.6. The van der Waals surface area contributed by atoms with E-state index in [9.17, 15) is 0 Å². The zero-order valence-electron chi connectivity index (χ0n) is 12.5. The van der Waals surface area contributed by atoms with Crippen molar-refractivity contribution in [1.29, 1.82) is 0 Å². The Balaban J connectivity index is 1.92. The van der Waals surface area contributed by atoms with Crippen LogP contribution in [0.25, 0.3) is 0 Å². The van der Waals surface area contributed by atoms with Crippen LogP contribution < -0.4 is 5.32 Å². The van der Waals surface area contributed by atoms with E-state index in [1.807, 2.05) is 0 Å². The van der Waals surface area contributed by atoms with Gasteiger partial charge in [0.25, 0.3) is 0 Å². The maximum Gasteiger partial charge on any atom is 0.0303 e. The van der Waals surface area contributed by atoms with Crippen molar-refractivity contribution in [3.63, 3.8) is 0 Å². The number of benzene rings is 1. The number of nitrogens with one attached hydrogen (secondary N) is 1. The summed E-state index contributed by atoms with van der Waals surface area (Å²) in [7, 11) is 0. The van der Waals surface area contributed by atoms with Crippen LogP contribution in [0.4, 0.5) is 0 Å². The van der Waals surface area contributed by atoms with E-state index in [2.05, 4.69) is 54.4 Å². The molecule has 0 spiro atoms. The van der Waals surface area contributed by atoms with E-state index in [1.165, 1.54) is 57.4 Å². The molecule has 1 aromatic carbocycles. The molecule has 1 heterocycles. The molecule has 2 heteroatoms. The fourth-order valence-corrected chi connectivity index (χ4v) is 3.07. The second-order valence-electron chi connectivity index (χ2n) is 5.78. The molecule has 0 amide bonds. The largest absolute Gasteiger partial charge is 0.310 e. The molecule has 0 aromatic heterocycles. The summed E-state index contributed by atoms with van der Waals surface area (Å²) in [6.07, 6.45) is 4.90. The Morgan fingerprint density at radius 1 is 1.16 bits per heavy atom. The summed E-state index contributed by atoms with van der Waals surface area (Å²) in [5.74, 6) is 0. The Hall–Kier alpha value is -0.860. The summed E-state index contributed by atoms with van der Waals surface area (Å²) in [5.41, 5.74) is 1.80. The van der Waals surface area contributed by atoms with Crippen molar-refractivity contribution < 1.29 is 0 Å². The van der Waals surface area contributed by atoms with Gasteiger partial charge in [0.1, 0.15) is 0 Å². The molecule has 106 valence electrons. The summed E-state index contributed by atoms with van der Waals surface area (Å²) in [4.78, 5) is 2.65. The standard InChI is InChI=1S/C17H28N2/c1-3-17(4-2)15-19(13-8-12-18-17)14-11-16-9-6-5-7-10-16/h5-7,9-10,18H,3-4,8,11-15H2,1-2H3. The highest BCUT2D eigenvalue weighted by Crippen LogP contribution is 2.19. The smallest absolute Gasteiger partial charge is 0.0303 e. The first kappa shape index (κ1) is 14.5. The summed E-state index contributed by atoms with van der Waals surface area (Å²) >= 11 is 0. The first-order chi connectivity index (χ1) is 9.28. The molecule has 0 radical (unpaired) electrons. The maximum absolute atomic E-state index is 3.78. The number of nitrogens with zero attached hydrogens (tertiary/aromatic N) is 1. The van der Waals surface area contributed by atoms with E-state index in [4.69, 9.17) is 0 Å². The molecule has 1 N–H and O–H groups in total. The molecule has 0 atom stereocenters. The highest BCUT2D eigenvalue weighted by Gasteiger charge is 2.29. The summed E-state index contributed by atoms with van der Waals surface area (Å²) < 4.78 is 0. The SMILES string of the molecule is CCC1(CC)CN(CCc2ccccc2)CCCN1. The number of hydrogen-bond acceptors (Lipinski definition) is 2. The quantitative estimate of drug-likeness (QED) is 0.875. The fraction of sp³-hybridized carbons (Fsp3) is 0.647. The van der Waals surface area contributed by atoms with Crippen LogP contribution in [0, 0.1) is 0 Å². The normalized spacial score (nSPS) is 20.1. The Morgan fingerprint density at radius 3 is 2.58 bits per heavy atom. The molecular formula is C17H28N2. The second-order valence-corrected chi connectivity index (χ2v) is 5.78. The molecule has 0 saturated carbocycles. The first-order valence-electron chi connectivity index (χ1n) is 7.79. The Labute approximate surface area is 118 Å². The van der Waals surface area contributed by atoms with E-state index < -0.39 is 0 Å². The van der Waals surface area contributed by atoms with Gasteiger partial charge in [-0.05, 0) is 44.3 Å². The topological polar surface area (TPSA) is 15.3 Å². The molecule has 1 aromatic rings. The van der Waals surface area contributed by atoms with E-state index >= 15 is 0 Å². The highest BCUT2D eigenvalue weighted by molar-refractivity contribution is 5.14. The first-order valence-corrected chi connectivity index (χ1v) is 7.79. The molecule has 0 bridgehead atoms. The van der Waals surface area contributed by atoms with Crippen LogP contribution in [0.2, 0.25) is 0 Å². The van der Waals surface area contributed by atoms with Crippen LogP contribution in [0.15, 0.2) is 30.3 Å². The minimum Gasteiger partial charge on any atom is -0.310 e. The van der Waals surface area contributed by atoms with Crippen molar-refractivity contribution in [3.05, 3.63) is 35.9 Å². The summed E-state index contributed by atoms with van der Waals surface area (Å²) in [6, 6.07) is 10.9. The van der Waals surface area contributed by atoms with Gasteiger partial charge < -0.3 is 10.2 Å². The van der Waals surface area contributed by atoms with Gasteiger partial charge in [0.05, 0.1) is 0 Å². The van der Waals surface area contributed by atoms with Crippen molar-refractivity contribution >= 4 is 0 Å². The van der Waals surface area contributed by atoms with Crippen molar-refractivity contribution in [2.45, 2.75) is 45.1 Å². The molecule has 2 nitrogen and oxygen atoms in total. The molecule has 1 saturated heterocycles. The minimum absolute atomic E-state index is 0.340. The highest BCUT2D eigenvalue weighted by atomic mass is 15.2. The molecule has 1 fully saturated rings. The number of rotatable bonds is 5. The van der Waals surface area contributed by atoms with Gasteiger partial charge in [-0.15, -0.1) is 0 Å². The fourth-order valence-electron chi connectivity index (χ4n) is 3.07. The van der Waals surface area contributed by atoms with Crippen LogP contribution in [0.5, 0.6) is 0 Å². The lowest BCUT2D eigenvalue weighted by Gasteiger charge is -2.35. The monoisotopic (exact) mass is 260 g/mol. The third-order valence-electron chi connectivity index (χ3n) is 4.59. The third-order valence-corrected chi connectivity index (χ3v) is 4.59. The number of hydrogen-bond donors (Lipinski definition) is 1. The summed E-state index contributed by atoms with van der Waals surface area (Å²) in [5, 5.41) is 3.78. The molecule has 1 aliphatic heterocycles. The van der Waals surface area contributed by atoms with Crippen molar-refractivity contribution in [3.8, 4) is 0 Å². The van der Waals surface area contributed by atoms with Gasteiger partial charge in [0.2, 0.25) is 0 Å². The average molecular weight is 260 g/mol. The van der Waals surface area contributed by atoms with Gasteiger partial charge in [-0.3, -0.25) is 0 Å². The van der Waals surface area contributed by atoms with Gasteiger partial charge in [-0.1, -0.05) is 44.2 Å². The van der Waals surface area contributed by atoms with Crippen LogP contribution in [-0.2, 0) is 6.42 Å². The van der Waals surface area contributed by atoms with Gasteiger partial charge in [0.15, 0.2) is 0 Å². The second kappa shape index (κ2) is 7.06. The van der Waals surface area contributed by atoms with E-state index in [0.717, 1.165) is 0 Å². The van der Waals surface area contributed by atoms with Gasteiger partial charge in [-0.2, -0.15) is 0 Å². The van der Waals surface area contributed by atoms with E-state index in [-0.39, 0.29) is 0 Å². The molecular weight excluding hydrogens is 232 g/mol. The van der Waals surface area contributed by atoms with Crippen LogP contribution in [-0.4, -0.2) is 36.6 Å². The van der Waals surface area contributed by atoms with Crippen LogP contribution in [0.3, 0.4) is 0 Å². The Bertz CT molecular complexity index is 357. The van der Waals surface area contributed by atoms with Crippen LogP contribution >= 0.6 is 0 Å². The van der Waals surface area contributed by atoms with Gasteiger partial charge >= 0.3 is 0 Å². The maximum atomic E-state index is 3.78. The zero-order valence-corrected chi connectivity index (χ0v) is 12.5. The third kappa shape index (κ3) is 4.05. The van der Waals surface area contributed by atoms with Crippen molar-refractivity contribution in [2.75, 3.05) is 26.2 Å². The van der Waals surface area contributed by atoms with Crippen LogP contribution in [0.1, 0.15) is 38.7 Å². The van der Waals surface area contributed by atoms with Gasteiger partial charge in [-0.25, -0.2) is 0 Å². The van der Waals surface area contributed by atoms with Gasteiger partial charge in [0, 0.05) is 18.6 Å². The molecule has 19 heavy (non-hydrogen) atoms. The van der Waals surface area contributed by atoms with E-state index in [0.29, 0.717) is 5.54 Å². The molecule has 0 aliphatic carbocycles. The van der Waals surface area contributed by atoms with E-state index in [1.54, 1.807) is 0 Å². The molecule has 2 rings (SSSR count). The lowest BCUT2D eigenvalue weighted by atomic mass is 9.92. The predicted molar refractivity (Wildman–Crippen MR) is 82.5 cm³/mol. The predicted octanol–water partition coefficient (Wildman–Crippen LogP) is 3.08. The minimum atomic E-state index is 0.340. The molecule has 0 unspecified atom stereocenters. The average Bonchev–Trinajstić information content (AvgIpc) is 2.69. The lowest BCUT2D eigenvalue weighted by Crippen LogP contribution is -2.50. The Kier molecular flexibility index (Phi) is 5.41. The summed E-state index contributed by atoms with van der Waals surface area (Å²) in [6.45, 7) is 9.43. The van der Waals surface area contributed by atoms with Crippen molar-refractivity contribution in [2.24, 2.45) is 0 Å². The van der Waals surface area contributed by atoms with Crippen molar-refractivity contribution in [1.82, 2.24) is 10.2 Å². The lowest BCUT2D eigenvalue weighted by molar-refractivity contribution is 0.199. The Morgan fingerprint density at radius 2 is 1.89 bits per heavy atom.